The number of hydrogen-bond donors (Lipinski definition) is 1. The third kappa shape index (κ3) is 1.82. The molecule has 2 nitrogen and oxygen atoms in total. The van der Waals surface area contributed by atoms with Crippen LogP contribution in [0, 0.1) is 0 Å². The van der Waals surface area contributed by atoms with E-state index in [0.29, 0.717) is 0 Å². The summed E-state index contributed by atoms with van der Waals surface area (Å²) >= 11 is 0. The first-order chi connectivity index (χ1) is 4.84. The zero-order valence-corrected chi connectivity index (χ0v) is 6.64. The van der Waals surface area contributed by atoms with Gasteiger partial charge in [0, 0.05) is 25.7 Å². The van der Waals surface area contributed by atoms with E-state index in [2.05, 4.69) is 23.8 Å². The lowest BCUT2D eigenvalue weighted by molar-refractivity contribution is 0.183. The smallest absolute Gasteiger partial charge is 0.0342 e. The Morgan fingerprint density at radius 2 is 2.40 bits per heavy atom. The molecule has 0 bridgehead atoms. The molecule has 0 radical (unpaired) electrons. The zero-order valence-electron chi connectivity index (χ0n) is 6.64. The molecule has 0 aromatic carbocycles. The van der Waals surface area contributed by atoms with Crippen LogP contribution in [0.4, 0.5) is 0 Å². The minimum absolute atomic E-state index is 0.778. The molecule has 1 aliphatic rings. The molecule has 1 rings (SSSR count). The van der Waals surface area contributed by atoms with E-state index in [0.717, 1.165) is 32.1 Å². The first kappa shape index (κ1) is 7.76. The molecule has 0 atom stereocenters. The fraction of sp³-hybridized carbons (Fsp3) is 0.750. The minimum atomic E-state index is 0.778. The number of hydrogen-bond acceptors (Lipinski definition) is 2. The van der Waals surface area contributed by atoms with Crippen LogP contribution < -0.4 is 5.32 Å². The average Bonchev–Trinajstić information content (AvgIpc) is 1.79. The lowest BCUT2D eigenvalue weighted by Gasteiger charge is -2.35. The summed E-state index contributed by atoms with van der Waals surface area (Å²) in [5, 5.41) is 3.25. The summed E-state index contributed by atoms with van der Waals surface area (Å²) in [5.74, 6) is 0. The highest BCUT2D eigenvalue weighted by Crippen LogP contribution is 2.01. The maximum Gasteiger partial charge on any atom is 0.0342 e. The van der Waals surface area contributed by atoms with Gasteiger partial charge in [-0.1, -0.05) is 6.08 Å². The van der Waals surface area contributed by atoms with Crippen LogP contribution in [0.2, 0.25) is 0 Å². The van der Waals surface area contributed by atoms with E-state index < -0.39 is 0 Å². The summed E-state index contributed by atoms with van der Waals surface area (Å²) in [6.45, 7) is 7.16. The highest BCUT2D eigenvalue weighted by atomic mass is 15.2. The van der Waals surface area contributed by atoms with Crippen molar-refractivity contribution in [1.82, 2.24) is 10.2 Å². The fourth-order valence-corrected chi connectivity index (χ4v) is 1.06. The molecule has 1 heterocycles. The van der Waals surface area contributed by atoms with Crippen molar-refractivity contribution in [3.05, 3.63) is 12.7 Å². The molecule has 1 saturated heterocycles. The maximum absolute atomic E-state index is 3.69. The van der Waals surface area contributed by atoms with Crippen molar-refractivity contribution < 1.29 is 0 Å². The lowest BCUT2D eigenvalue weighted by Crippen LogP contribution is -2.55. The molecule has 58 valence electrons. The van der Waals surface area contributed by atoms with Crippen molar-refractivity contribution in [1.29, 1.82) is 0 Å². The second-order valence-corrected chi connectivity index (χ2v) is 2.87. The van der Waals surface area contributed by atoms with E-state index in [4.69, 9.17) is 0 Å². The van der Waals surface area contributed by atoms with Crippen LogP contribution in [0.3, 0.4) is 0 Å². The number of nitrogens with one attached hydrogen (secondary N) is 1. The Hall–Kier alpha value is -0.340. The summed E-state index contributed by atoms with van der Waals surface area (Å²) in [4.78, 5) is 2.39. The van der Waals surface area contributed by atoms with Crippen LogP contribution in [-0.4, -0.2) is 37.6 Å². The van der Waals surface area contributed by atoms with Crippen molar-refractivity contribution in [2.24, 2.45) is 0 Å². The monoisotopic (exact) mass is 140 g/mol. The molecule has 0 aliphatic carbocycles. The zero-order chi connectivity index (χ0) is 7.40. The van der Waals surface area contributed by atoms with Crippen LogP contribution in [0.5, 0.6) is 0 Å². The second-order valence-electron chi connectivity index (χ2n) is 2.87. The molecule has 10 heavy (non-hydrogen) atoms. The standard InChI is InChI=1S/C8H16N2/c1-3-4-5-10(2)8-6-9-7-8/h3,8-9H,1,4-7H2,2H3. The van der Waals surface area contributed by atoms with Gasteiger partial charge in [-0.2, -0.15) is 0 Å². The van der Waals surface area contributed by atoms with Gasteiger partial charge in [-0.05, 0) is 13.5 Å². The maximum atomic E-state index is 3.69. The first-order valence-corrected chi connectivity index (χ1v) is 3.86. The summed E-state index contributed by atoms with van der Waals surface area (Å²) in [5.41, 5.74) is 0. The normalized spacial score (nSPS) is 19.0. The Labute approximate surface area is 62.9 Å². The van der Waals surface area contributed by atoms with Crippen molar-refractivity contribution in [2.45, 2.75) is 12.5 Å². The van der Waals surface area contributed by atoms with E-state index in [1.54, 1.807) is 0 Å². The molecule has 2 heteroatoms. The minimum Gasteiger partial charge on any atom is -0.314 e. The van der Waals surface area contributed by atoms with Crippen molar-refractivity contribution >= 4 is 0 Å². The molecule has 1 N–H and O–H groups in total. The molecular formula is C8H16N2. The predicted octanol–water partition coefficient (Wildman–Crippen LogP) is 0.466. The van der Waals surface area contributed by atoms with Gasteiger partial charge >= 0.3 is 0 Å². The first-order valence-electron chi connectivity index (χ1n) is 3.86. The van der Waals surface area contributed by atoms with Gasteiger partial charge in [0.05, 0.1) is 0 Å². The summed E-state index contributed by atoms with van der Waals surface area (Å²) < 4.78 is 0. The molecule has 1 fully saturated rings. The molecule has 1 aliphatic heterocycles. The summed E-state index contributed by atoms with van der Waals surface area (Å²) in [6, 6.07) is 0.778. The number of rotatable bonds is 4. The van der Waals surface area contributed by atoms with Gasteiger partial charge in [-0.15, -0.1) is 6.58 Å². The van der Waals surface area contributed by atoms with E-state index in [1.165, 1.54) is 0 Å². The summed E-state index contributed by atoms with van der Waals surface area (Å²) in [7, 11) is 2.18. The Morgan fingerprint density at radius 3 is 2.80 bits per heavy atom. The van der Waals surface area contributed by atoms with Gasteiger partial charge in [0.1, 0.15) is 0 Å². The second kappa shape index (κ2) is 3.74. The molecule has 0 saturated carbocycles. The number of likely N-dealkylation sites (N-methyl/N-ethyl adjacent to an activating group) is 1. The van der Waals surface area contributed by atoms with E-state index in [9.17, 15) is 0 Å². The Morgan fingerprint density at radius 1 is 1.70 bits per heavy atom. The van der Waals surface area contributed by atoms with Crippen molar-refractivity contribution in [3.63, 3.8) is 0 Å². The van der Waals surface area contributed by atoms with E-state index in [-0.39, 0.29) is 0 Å². The highest BCUT2D eigenvalue weighted by molar-refractivity contribution is 4.83. The topological polar surface area (TPSA) is 15.3 Å². The van der Waals surface area contributed by atoms with Crippen molar-refractivity contribution in [3.8, 4) is 0 Å². The van der Waals surface area contributed by atoms with Gasteiger partial charge < -0.3 is 10.2 Å². The lowest BCUT2D eigenvalue weighted by atomic mass is 10.1. The predicted molar refractivity (Wildman–Crippen MR) is 44.1 cm³/mol. The Balaban J connectivity index is 2.07. The third-order valence-electron chi connectivity index (χ3n) is 2.07. The molecular weight excluding hydrogens is 124 g/mol. The van der Waals surface area contributed by atoms with Gasteiger partial charge in [-0.25, -0.2) is 0 Å². The van der Waals surface area contributed by atoms with Crippen LogP contribution in [0.1, 0.15) is 6.42 Å². The highest BCUT2D eigenvalue weighted by Gasteiger charge is 2.19. The average molecular weight is 140 g/mol. The van der Waals surface area contributed by atoms with E-state index in [1.807, 2.05) is 6.08 Å². The Kier molecular flexibility index (Phi) is 2.90. The van der Waals surface area contributed by atoms with Gasteiger partial charge in [-0.3, -0.25) is 0 Å². The molecule has 0 amide bonds. The van der Waals surface area contributed by atoms with Crippen LogP contribution >= 0.6 is 0 Å². The van der Waals surface area contributed by atoms with Crippen LogP contribution in [0.25, 0.3) is 0 Å². The molecule has 0 aromatic heterocycles. The van der Waals surface area contributed by atoms with E-state index >= 15 is 0 Å². The molecule has 0 spiro atoms. The largest absolute Gasteiger partial charge is 0.314 e. The number of nitrogens with zero attached hydrogens (tertiary/aromatic N) is 1. The third-order valence-corrected chi connectivity index (χ3v) is 2.07. The molecule has 0 unspecified atom stereocenters. The van der Waals surface area contributed by atoms with Crippen molar-refractivity contribution in [2.75, 3.05) is 26.7 Å². The quantitative estimate of drug-likeness (QED) is 0.571. The SMILES string of the molecule is C=CCCN(C)C1CNC1. The van der Waals surface area contributed by atoms with Gasteiger partial charge in [0.15, 0.2) is 0 Å². The van der Waals surface area contributed by atoms with Crippen LogP contribution in [0.15, 0.2) is 12.7 Å². The van der Waals surface area contributed by atoms with Gasteiger partial charge in [0.25, 0.3) is 0 Å². The summed E-state index contributed by atoms with van der Waals surface area (Å²) in [6.07, 6.45) is 3.08. The Bertz CT molecular complexity index is 108. The molecule has 0 aromatic rings. The van der Waals surface area contributed by atoms with Crippen LogP contribution in [-0.2, 0) is 0 Å². The van der Waals surface area contributed by atoms with Gasteiger partial charge in [0.2, 0.25) is 0 Å². The fourth-order valence-electron chi connectivity index (χ4n) is 1.06.